The van der Waals surface area contributed by atoms with Crippen molar-refractivity contribution in [1.82, 2.24) is 5.32 Å². The molecule has 5 heteroatoms. The summed E-state index contributed by atoms with van der Waals surface area (Å²) in [6.45, 7) is 7.75. The maximum Gasteiger partial charge on any atom is 0.325 e. The second kappa shape index (κ2) is 10.0. The number of hydrogen-bond donors (Lipinski definition) is 1. The molecule has 2 aromatic rings. The first kappa shape index (κ1) is 22.3. The summed E-state index contributed by atoms with van der Waals surface area (Å²) < 4.78 is 4.98. The summed E-state index contributed by atoms with van der Waals surface area (Å²) in [4.78, 5) is 36.1. The Morgan fingerprint density at radius 1 is 0.897 bits per heavy atom. The Morgan fingerprint density at radius 3 is 2.03 bits per heavy atom. The molecule has 0 bridgehead atoms. The Labute approximate surface area is 172 Å². The van der Waals surface area contributed by atoms with Crippen LogP contribution in [0, 0.1) is 0 Å². The van der Waals surface area contributed by atoms with E-state index in [0.29, 0.717) is 11.1 Å². The minimum absolute atomic E-state index is 0.00166. The summed E-state index contributed by atoms with van der Waals surface area (Å²) in [5.41, 5.74) is 3.26. The lowest BCUT2D eigenvalue weighted by Crippen LogP contribution is -2.31. The van der Waals surface area contributed by atoms with Gasteiger partial charge >= 0.3 is 5.97 Å². The Balaban J connectivity index is 1.79. The zero-order valence-corrected chi connectivity index (χ0v) is 17.6. The van der Waals surface area contributed by atoms with Crippen molar-refractivity contribution in [2.75, 3.05) is 13.2 Å². The maximum atomic E-state index is 12.2. The van der Waals surface area contributed by atoms with Gasteiger partial charge in [0.1, 0.15) is 6.54 Å². The van der Waals surface area contributed by atoms with Crippen molar-refractivity contribution in [3.63, 3.8) is 0 Å². The number of carbonyl (C=O) groups excluding carboxylic acids is 3. The second-order valence-corrected chi connectivity index (χ2v) is 8.04. The van der Waals surface area contributed by atoms with Crippen LogP contribution < -0.4 is 5.32 Å². The summed E-state index contributed by atoms with van der Waals surface area (Å²) in [7, 11) is 0. The van der Waals surface area contributed by atoms with E-state index in [1.54, 1.807) is 24.3 Å². The van der Waals surface area contributed by atoms with Crippen LogP contribution in [0.25, 0.3) is 0 Å². The van der Waals surface area contributed by atoms with Crippen LogP contribution in [0.5, 0.6) is 0 Å². The molecule has 1 N–H and O–H groups in total. The van der Waals surface area contributed by atoms with Crippen LogP contribution in [0.1, 0.15) is 66.0 Å². The molecule has 29 heavy (non-hydrogen) atoms. The molecule has 0 saturated carbocycles. The minimum Gasteiger partial charge on any atom is -0.456 e. The van der Waals surface area contributed by atoms with Crippen molar-refractivity contribution >= 4 is 17.7 Å². The number of esters is 1. The molecular weight excluding hydrogens is 366 g/mol. The van der Waals surface area contributed by atoms with Gasteiger partial charge in [-0.05, 0) is 35.1 Å². The average molecular weight is 395 g/mol. The molecule has 2 rings (SSSR count). The van der Waals surface area contributed by atoms with Gasteiger partial charge in [0.2, 0.25) is 0 Å². The first-order valence-electron chi connectivity index (χ1n) is 9.87. The van der Waals surface area contributed by atoms with E-state index < -0.39 is 5.97 Å². The fraction of sp³-hybridized carbons (Fsp3) is 0.375. The van der Waals surface area contributed by atoms with E-state index in [4.69, 9.17) is 4.74 Å². The summed E-state index contributed by atoms with van der Waals surface area (Å²) >= 11 is 0. The zero-order chi connectivity index (χ0) is 21.4. The molecule has 0 heterocycles. The highest BCUT2D eigenvalue weighted by atomic mass is 16.5. The lowest BCUT2D eigenvalue weighted by Gasteiger charge is -2.19. The van der Waals surface area contributed by atoms with Gasteiger partial charge in [-0.25, -0.2) is 0 Å². The molecule has 0 spiro atoms. The van der Waals surface area contributed by atoms with Crippen LogP contribution in [-0.2, 0) is 21.4 Å². The van der Waals surface area contributed by atoms with E-state index in [9.17, 15) is 14.4 Å². The first-order valence-corrected chi connectivity index (χ1v) is 9.87. The Hall–Kier alpha value is -2.95. The van der Waals surface area contributed by atoms with E-state index in [-0.39, 0.29) is 30.3 Å². The summed E-state index contributed by atoms with van der Waals surface area (Å²) in [5.74, 6) is -1.29. The Kier molecular flexibility index (Phi) is 7.71. The van der Waals surface area contributed by atoms with Gasteiger partial charge in [-0.3, -0.25) is 14.4 Å². The van der Waals surface area contributed by atoms with E-state index >= 15 is 0 Å². The van der Waals surface area contributed by atoms with Crippen LogP contribution in [0.3, 0.4) is 0 Å². The molecule has 154 valence electrons. The predicted molar refractivity (Wildman–Crippen MR) is 113 cm³/mol. The number of Topliss-reactive ketones (excluding diaryl/α,β-unsaturated/α-hetero) is 1. The second-order valence-electron chi connectivity index (χ2n) is 8.04. The highest BCUT2D eigenvalue weighted by Gasteiger charge is 2.15. The molecule has 1 amide bonds. The van der Waals surface area contributed by atoms with Crippen molar-refractivity contribution in [3.05, 3.63) is 70.8 Å². The maximum absolute atomic E-state index is 12.2. The van der Waals surface area contributed by atoms with Gasteiger partial charge < -0.3 is 10.1 Å². The monoisotopic (exact) mass is 395 g/mol. The number of ether oxygens (including phenoxy) is 1. The Morgan fingerprint density at radius 2 is 1.48 bits per heavy atom. The van der Waals surface area contributed by atoms with Crippen molar-refractivity contribution < 1.29 is 19.1 Å². The SMILES string of the molecule is CCCc1ccc(C(=O)COC(=O)CNC(=O)c2ccc(C(C)(C)C)cc2)cc1. The van der Waals surface area contributed by atoms with Crippen molar-refractivity contribution in [1.29, 1.82) is 0 Å². The number of benzene rings is 2. The van der Waals surface area contributed by atoms with Crippen LogP contribution in [0.4, 0.5) is 0 Å². The van der Waals surface area contributed by atoms with E-state index in [1.165, 1.54) is 5.56 Å². The molecule has 5 nitrogen and oxygen atoms in total. The molecular formula is C24H29NO4. The highest BCUT2D eigenvalue weighted by molar-refractivity contribution is 5.98. The van der Waals surface area contributed by atoms with Crippen molar-refractivity contribution in [2.45, 2.75) is 46.0 Å². The topological polar surface area (TPSA) is 72.5 Å². The molecule has 2 aromatic carbocycles. The van der Waals surface area contributed by atoms with Gasteiger partial charge in [0.25, 0.3) is 5.91 Å². The molecule has 0 saturated heterocycles. The lowest BCUT2D eigenvalue weighted by atomic mass is 9.87. The third-order valence-electron chi connectivity index (χ3n) is 4.59. The molecule has 0 aromatic heterocycles. The molecule has 0 aliphatic carbocycles. The third-order valence-corrected chi connectivity index (χ3v) is 4.59. The minimum atomic E-state index is -0.652. The largest absolute Gasteiger partial charge is 0.456 e. The van der Waals surface area contributed by atoms with Gasteiger partial charge in [0.05, 0.1) is 0 Å². The van der Waals surface area contributed by atoms with Crippen LogP contribution >= 0.6 is 0 Å². The number of amides is 1. The lowest BCUT2D eigenvalue weighted by molar-refractivity contribution is -0.141. The average Bonchev–Trinajstić information content (AvgIpc) is 2.70. The number of ketones is 1. The van der Waals surface area contributed by atoms with Crippen LogP contribution in [-0.4, -0.2) is 30.8 Å². The summed E-state index contributed by atoms with van der Waals surface area (Å²) in [6, 6.07) is 14.6. The number of hydrogen-bond acceptors (Lipinski definition) is 4. The number of nitrogens with one attached hydrogen (secondary N) is 1. The molecule has 0 unspecified atom stereocenters. The molecule has 0 atom stereocenters. The summed E-state index contributed by atoms with van der Waals surface area (Å²) in [5, 5.41) is 2.52. The van der Waals surface area contributed by atoms with Crippen molar-refractivity contribution in [2.24, 2.45) is 0 Å². The van der Waals surface area contributed by atoms with Gasteiger partial charge in [0, 0.05) is 11.1 Å². The normalized spacial score (nSPS) is 11.0. The molecule has 0 aliphatic heterocycles. The van der Waals surface area contributed by atoms with Gasteiger partial charge in [-0.1, -0.05) is 70.5 Å². The zero-order valence-electron chi connectivity index (χ0n) is 17.6. The van der Waals surface area contributed by atoms with E-state index in [0.717, 1.165) is 18.4 Å². The summed E-state index contributed by atoms with van der Waals surface area (Å²) in [6.07, 6.45) is 2.00. The van der Waals surface area contributed by atoms with Gasteiger partial charge in [0.15, 0.2) is 12.4 Å². The van der Waals surface area contributed by atoms with Crippen LogP contribution in [0.2, 0.25) is 0 Å². The molecule has 0 radical (unpaired) electrons. The Bertz CT molecular complexity index is 846. The third kappa shape index (κ3) is 6.86. The number of carbonyl (C=O) groups is 3. The van der Waals surface area contributed by atoms with E-state index in [2.05, 4.69) is 33.0 Å². The smallest absolute Gasteiger partial charge is 0.325 e. The quantitative estimate of drug-likeness (QED) is 0.540. The van der Waals surface area contributed by atoms with Gasteiger partial charge in [-0.15, -0.1) is 0 Å². The fourth-order valence-electron chi connectivity index (χ4n) is 2.80. The molecule has 0 fully saturated rings. The number of aryl methyl sites for hydroxylation is 1. The number of rotatable bonds is 8. The highest BCUT2D eigenvalue weighted by Crippen LogP contribution is 2.22. The first-order chi connectivity index (χ1) is 13.7. The molecule has 0 aliphatic rings. The van der Waals surface area contributed by atoms with Crippen LogP contribution in [0.15, 0.2) is 48.5 Å². The predicted octanol–water partition coefficient (Wildman–Crippen LogP) is 4.09. The van der Waals surface area contributed by atoms with E-state index in [1.807, 2.05) is 24.3 Å². The van der Waals surface area contributed by atoms with Crippen molar-refractivity contribution in [3.8, 4) is 0 Å². The van der Waals surface area contributed by atoms with Gasteiger partial charge in [-0.2, -0.15) is 0 Å². The fourth-order valence-corrected chi connectivity index (χ4v) is 2.80. The standard InChI is InChI=1S/C24H29NO4/c1-5-6-17-7-9-18(10-8-17)21(26)16-29-22(27)15-25-23(28)19-11-13-20(14-12-19)24(2,3)4/h7-14H,5-6,15-16H2,1-4H3,(H,25,28).